The topological polar surface area (TPSA) is 54.3 Å². The quantitative estimate of drug-likeness (QED) is 0.908. The maximum Gasteiger partial charge on any atom is 0.244 e. The first-order valence-electron chi connectivity index (χ1n) is 7.82. The maximum absolute atomic E-state index is 12.8. The number of aromatic nitrogens is 1. The number of nitrogens with zero attached hydrogens (tertiary/aromatic N) is 2. The van der Waals surface area contributed by atoms with Crippen LogP contribution in [0, 0.1) is 0 Å². The van der Waals surface area contributed by atoms with Crippen molar-refractivity contribution in [1.29, 1.82) is 0 Å². The second kappa shape index (κ2) is 6.94. The molecule has 2 heterocycles. The van der Waals surface area contributed by atoms with Crippen molar-refractivity contribution in [3.05, 3.63) is 18.0 Å². The smallest absolute Gasteiger partial charge is 0.244 e. The monoisotopic (exact) mass is 313 g/mol. The number of sulfonamides is 1. The van der Waals surface area contributed by atoms with Crippen molar-refractivity contribution < 1.29 is 8.42 Å². The fourth-order valence-corrected chi connectivity index (χ4v) is 4.44. The lowest BCUT2D eigenvalue weighted by atomic mass is 10.2. The van der Waals surface area contributed by atoms with E-state index in [1.165, 1.54) is 0 Å². The summed E-state index contributed by atoms with van der Waals surface area (Å²) >= 11 is 0. The number of nitrogens with one attached hydrogen (secondary N) is 1. The van der Waals surface area contributed by atoms with E-state index in [1.54, 1.807) is 10.5 Å². The highest BCUT2D eigenvalue weighted by molar-refractivity contribution is 7.89. The van der Waals surface area contributed by atoms with E-state index >= 15 is 0 Å². The third-order valence-corrected chi connectivity index (χ3v) is 5.89. The minimum Gasteiger partial charge on any atom is -0.346 e. The summed E-state index contributed by atoms with van der Waals surface area (Å²) in [6, 6.07) is 2.07. The van der Waals surface area contributed by atoms with Crippen LogP contribution in [0.25, 0.3) is 0 Å². The summed E-state index contributed by atoms with van der Waals surface area (Å²) in [5.74, 6) is 0. The molecule has 0 unspecified atom stereocenters. The molecule has 21 heavy (non-hydrogen) atoms. The Kier molecular flexibility index (Phi) is 5.46. The number of hydrogen-bond acceptors (Lipinski definition) is 3. The normalized spacial score (nSPS) is 18.1. The summed E-state index contributed by atoms with van der Waals surface area (Å²) in [6.07, 6.45) is 5.98. The molecule has 1 saturated heterocycles. The van der Waals surface area contributed by atoms with Crippen LogP contribution in [0.1, 0.15) is 51.3 Å². The van der Waals surface area contributed by atoms with Crippen molar-refractivity contribution in [3.8, 4) is 0 Å². The molecule has 1 fully saturated rings. The van der Waals surface area contributed by atoms with Gasteiger partial charge >= 0.3 is 0 Å². The Bertz CT molecular complexity index is 555. The van der Waals surface area contributed by atoms with Crippen LogP contribution in [0.4, 0.5) is 0 Å². The molecule has 0 bridgehead atoms. The van der Waals surface area contributed by atoms with Crippen molar-refractivity contribution in [3.63, 3.8) is 0 Å². The van der Waals surface area contributed by atoms with Gasteiger partial charge in [0.25, 0.3) is 0 Å². The first kappa shape index (κ1) is 16.5. The van der Waals surface area contributed by atoms with Gasteiger partial charge in [-0.3, -0.25) is 0 Å². The van der Waals surface area contributed by atoms with Crippen molar-refractivity contribution in [1.82, 2.24) is 14.2 Å². The van der Waals surface area contributed by atoms with Gasteiger partial charge in [-0.1, -0.05) is 12.8 Å². The second-order valence-electron chi connectivity index (χ2n) is 6.02. The molecule has 1 aliphatic rings. The Morgan fingerprint density at radius 2 is 1.81 bits per heavy atom. The summed E-state index contributed by atoms with van der Waals surface area (Å²) in [7, 11) is -1.48. The molecule has 0 spiro atoms. The first-order chi connectivity index (χ1) is 9.96. The Morgan fingerprint density at radius 1 is 1.19 bits per heavy atom. The van der Waals surface area contributed by atoms with Crippen LogP contribution in [0.2, 0.25) is 0 Å². The zero-order chi connectivity index (χ0) is 15.5. The van der Waals surface area contributed by atoms with E-state index in [2.05, 4.69) is 19.2 Å². The molecule has 0 aliphatic carbocycles. The first-order valence-corrected chi connectivity index (χ1v) is 9.26. The highest BCUT2D eigenvalue weighted by Gasteiger charge is 2.27. The Labute approximate surface area is 128 Å². The third kappa shape index (κ3) is 3.67. The molecular weight excluding hydrogens is 286 g/mol. The Balaban J connectivity index is 2.32. The van der Waals surface area contributed by atoms with Gasteiger partial charge < -0.3 is 9.88 Å². The summed E-state index contributed by atoms with van der Waals surface area (Å²) in [4.78, 5) is 0.434. The fourth-order valence-electron chi connectivity index (χ4n) is 2.87. The highest BCUT2D eigenvalue weighted by atomic mass is 32.2. The second-order valence-corrected chi connectivity index (χ2v) is 7.95. The van der Waals surface area contributed by atoms with E-state index < -0.39 is 10.0 Å². The Hall–Kier alpha value is -0.850. The summed E-state index contributed by atoms with van der Waals surface area (Å²) < 4.78 is 29.3. The minimum atomic E-state index is -3.35. The summed E-state index contributed by atoms with van der Waals surface area (Å²) in [5, 5.41) is 3.10. The molecule has 0 aromatic carbocycles. The van der Waals surface area contributed by atoms with Gasteiger partial charge in [0.1, 0.15) is 4.90 Å². The van der Waals surface area contributed by atoms with Crippen LogP contribution >= 0.6 is 0 Å². The lowest BCUT2D eigenvalue weighted by Crippen LogP contribution is -2.31. The predicted molar refractivity (Wildman–Crippen MR) is 84.8 cm³/mol. The van der Waals surface area contributed by atoms with Crippen LogP contribution in [-0.2, 0) is 16.6 Å². The van der Waals surface area contributed by atoms with Crippen molar-refractivity contribution in [2.24, 2.45) is 0 Å². The average molecular weight is 313 g/mol. The average Bonchev–Trinajstić information content (AvgIpc) is 2.68. The Morgan fingerprint density at radius 3 is 2.33 bits per heavy atom. The lowest BCUT2D eigenvalue weighted by Gasteiger charge is -2.19. The van der Waals surface area contributed by atoms with Crippen molar-refractivity contribution in [2.75, 3.05) is 20.1 Å². The molecule has 5 nitrogen and oxygen atoms in total. The maximum atomic E-state index is 12.8. The standard InChI is InChI=1S/C15H27N3O2S/c1-13(2)18-12-15(10-14(18)11-16-3)21(19,20)17-8-6-4-5-7-9-17/h10,12-13,16H,4-9,11H2,1-3H3. The van der Waals surface area contributed by atoms with E-state index in [1.807, 2.05) is 17.7 Å². The van der Waals surface area contributed by atoms with Gasteiger partial charge in [-0.15, -0.1) is 0 Å². The fraction of sp³-hybridized carbons (Fsp3) is 0.733. The van der Waals surface area contributed by atoms with Crippen molar-refractivity contribution >= 4 is 10.0 Å². The van der Waals surface area contributed by atoms with Gasteiger partial charge in [0.05, 0.1) is 0 Å². The molecule has 0 radical (unpaired) electrons. The van der Waals surface area contributed by atoms with E-state index in [4.69, 9.17) is 0 Å². The molecule has 120 valence electrons. The van der Waals surface area contributed by atoms with Crippen LogP contribution < -0.4 is 5.32 Å². The van der Waals surface area contributed by atoms with Gasteiger partial charge in [-0.25, -0.2) is 8.42 Å². The van der Waals surface area contributed by atoms with E-state index in [0.29, 0.717) is 24.5 Å². The summed E-state index contributed by atoms with van der Waals surface area (Å²) in [5.41, 5.74) is 1.01. The number of rotatable bonds is 5. The summed E-state index contributed by atoms with van der Waals surface area (Å²) in [6.45, 7) is 6.11. The molecule has 0 amide bonds. The van der Waals surface area contributed by atoms with Gasteiger partial charge in [0, 0.05) is 37.6 Å². The molecule has 1 aromatic heterocycles. The van der Waals surface area contributed by atoms with Crippen LogP contribution in [-0.4, -0.2) is 37.4 Å². The molecule has 1 N–H and O–H groups in total. The van der Waals surface area contributed by atoms with Crippen LogP contribution in [0.15, 0.2) is 17.2 Å². The SMILES string of the molecule is CNCc1cc(S(=O)(=O)N2CCCCCC2)cn1C(C)C. The minimum absolute atomic E-state index is 0.251. The van der Waals surface area contributed by atoms with E-state index in [-0.39, 0.29) is 6.04 Å². The molecule has 1 aromatic rings. The molecule has 1 aliphatic heterocycles. The van der Waals surface area contributed by atoms with Gasteiger partial charge in [-0.2, -0.15) is 4.31 Å². The highest BCUT2D eigenvalue weighted by Crippen LogP contribution is 2.24. The lowest BCUT2D eigenvalue weighted by molar-refractivity contribution is 0.423. The zero-order valence-electron chi connectivity index (χ0n) is 13.3. The molecule has 2 rings (SSSR count). The molecule has 0 atom stereocenters. The van der Waals surface area contributed by atoms with Crippen molar-refractivity contribution in [2.45, 2.75) is 57.0 Å². The third-order valence-electron chi connectivity index (χ3n) is 4.02. The largest absolute Gasteiger partial charge is 0.346 e. The van der Waals surface area contributed by atoms with E-state index in [9.17, 15) is 8.42 Å². The van der Waals surface area contributed by atoms with Gasteiger partial charge in [0.2, 0.25) is 10.0 Å². The molecule has 6 heteroatoms. The van der Waals surface area contributed by atoms with Crippen LogP contribution in [0.5, 0.6) is 0 Å². The number of hydrogen-bond donors (Lipinski definition) is 1. The molecular formula is C15H27N3O2S. The van der Waals surface area contributed by atoms with Crippen LogP contribution in [0.3, 0.4) is 0 Å². The zero-order valence-corrected chi connectivity index (χ0v) is 14.1. The molecule has 0 saturated carbocycles. The van der Waals surface area contributed by atoms with Gasteiger partial charge in [-0.05, 0) is 39.8 Å². The van der Waals surface area contributed by atoms with Gasteiger partial charge in [0.15, 0.2) is 0 Å². The predicted octanol–water partition coefficient (Wildman–Crippen LogP) is 2.35. The van der Waals surface area contributed by atoms with E-state index in [0.717, 1.165) is 31.4 Å².